The van der Waals surface area contributed by atoms with Gasteiger partial charge < -0.3 is 11.1 Å². The van der Waals surface area contributed by atoms with Gasteiger partial charge in [0.1, 0.15) is 5.84 Å². The van der Waals surface area contributed by atoms with E-state index in [0.29, 0.717) is 17.7 Å². The number of carbonyl (C=O) groups excluding carboxylic acids is 1. The molecule has 3 unspecified atom stereocenters. The van der Waals surface area contributed by atoms with Crippen LogP contribution in [0.5, 0.6) is 0 Å². The van der Waals surface area contributed by atoms with Gasteiger partial charge in [0.25, 0.3) is 0 Å². The van der Waals surface area contributed by atoms with Gasteiger partial charge in [0.05, 0.1) is 5.54 Å². The summed E-state index contributed by atoms with van der Waals surface area (Å²) in [5.41, 5.74) is 5.31. The number of amides is 2. The molecule has 1 saturated carbocycles. The number of urea groups is 1. The maximum atomic E-state index is 10.9. The highest BCUT2D eigenvalue weighted by Crippen LogP contribution is 2.46. The van der Waals surface area contributed by atoms with E-state index in [9.17, 15) is 4.79 Å². The number of nitrogens with two attached hydrogens (primary N) is 1. The molecule has 3 atom stereocenters. The van der Waals surface area contributed by atoms with Crippen LogP contribution in [0.1, 0.15) is 20.3 Å². The summed E-state index contributed by atoms with van der Waals surface area (Å²) in [4.78, 5) is 14.6. The first-order chi connectivity index (χ1) is 5.54. The molecule has 2 aliphatic rings. The molecule has 0 aromatic carbocycles. The highest BCUT2D eigenvalue weighted by atomic mass is 16.2. The molecule has 0 aromatic heterocycles. The summed E-state index contributed by atoms with van der Waals surface area (Å²) in [7, 11) is 0. The van der Waals surface area contributed by atoms with Crippen molar-refractivity contribution >= 4 is 11.9 Å². The third kappa shape index (κ3) is 0.838. The predicted molar refractivity (Wildman–Crippen MR) is 45.8 cm³/mol. The highest BCUT2D eigenvalue weighted by Gasteiger charge is 2.53. The Morgan fingerprint density at radius 3 is 2.67 bits per heavy atom. The van der Waals surface area contributed by atoms with E-state index in [2.05, 4.69) is 17.2 Å². The molecule has 1 fully saturated rings. The molecule has 1 heterocycles. The molecule has 1 aliphatic heterocycles. The van der Waals surface area contributed by atoms with Crippen LogP contribution in [-0.4, -0.2) is 17.4 Å². The minimum absolute atomic E-state index is 0.297. The molecule has 0 saturated heterocycles. The Kier molecular flexibility index (Phi) is 1.26. The van der Waals surface area contributed by atoms with Crippen LogP contribution in [0, 0.1) is 11.8 Å². The number of hydrogen-bond acceptors (Lipinski definition) is 2. The summed E-state index contributed by atoms with van der Waals surface area (Å²) in [6.07, 6.45) is 1.13. The van der Waals surface area contributed by atoms with Crippen LogP contribution < -0.4 is 11.1 Å². The maximum absolute atomic E-state index is 10.9. The number of nitrogens with zero attached hydrogens (tertiary/aromatic N) is 1. The van der Waals surface area contributed by atoms with Crippen molar-refractivity contribution in [1.82, 2.24) is 5.32 Å². The number of rotatable bonds is 1. The fourth-order valence-electron chi connectivity index (χ4n) is 1.95. The second kappa shape index (κ2) is 2.00. The van der Waals surface area contributed by atoms with Gasteiger partial charge in [-0.3, -0.25) is 0 Å². The fraction of sp³-hybridized carbons (Fsp3) is 0.750. The van der Waals surface area contributed by atoms with Crippen molar-refractivity contribution in [2.24, 2.45) is 22.6 Å². The number of hydrogen-bond donors (Lipinski definition) is 2. The minimum Gasteiger partial charge on any atom is -0.385 e. The van der Waals surface area contributed by atoms with Crippen LogP contribution in [0.3, 0.4) is 0 Å². The van der Waals surface area contributed by atoms with Crippen LogP contribution in [0.15, 0.2) is 4.99 Å². The molecule has 4 heteroatoms. The lowest BCUT2D eigenvalue weighted by Crippen LogP contribution is -2.51. The van der Waals surface area contributed by atoms with E-state index in [1.165, 1.54) is 0 Å². The van der Waals surface area contributed by atoms with Gasteiger partial charge >= 0.3 is 6.03 Å². The fourth-order valence-corrected chi connectivity index (χ4v) is 1.95. The van der Waals surface area contributed by atoms with Gasteiger partial charge in [-0.15, -0.1) is 0 Å². The first kappa shape index (κ1) is 7.58. The molecular formula is C8H13N3O. The van der Waals surface area contributed by atoms with Gasteiger partial charge in [0.2, 0.25) is 0 Å². The molecule has 4 nitrogen and oxygen atoms in total. The van der Waals surface area contributed by atoms with Gasteiger partial charge in [0.15, 0.2) is 0 Å². The Morgan fingerprint density at radius 2 is 2.33 bits per heavy atom. The monoisotopic (exact) mass is 167 g/mol. The largest absolute Gasteiger partial charge is 0.385 e. The Balaban J connectivity index is 2.23. The molecule has 3 N–H and O–H groups in total. The second-order valence-corrected chi connectivity index (χ2v) is 3.95. The summed E-state index contributed by atoms with van der Waals surface area (Å²) in [5.74, 6) is 1.58. The Hall–Kier alpha value is -1.06. The SMILES string of the molecule is CC1CC1C1(C)NC(=O)N=C1N. The molecule has 66 valence electrons. The number of aliphatic imine (C=N–C) groups is 1. The van der Waals surface area contributed by atoms with Gasteiger partial charge in [0, 0.05) is 0 Å². The summed E-state index contributed by atoms with van der Waals surface area (Å²) in [6.45, 7) is 4.11. The van der Waals surface area contributed by atoms with Crippen LogP contribution >= 0.6 is 0 Å². The lowest BCUT2D eigenvalue weighted by Gasteiger charge is -2.23. The number of carbonyl (C=O) groups is 1. The average molecular weight is 167 g/mol. The van der Waals surface area contributed by atoms with E-state index in [-0.39, 0.29) is 11.6 Å². The molecule has 12 heavy (non-hydrogen) atoms. The van der Waals surface area contributed by atoms with E-state index >= 15 is 0 Å². The predicted octanol–water partition coefficient (Wildman–Crippen LogP) is 0.482. The number of amidine groups is 1. The zero-order valence-electron chi connectivity index (χ0n) is 7.29. The van der Waals surface area contributed by atoms with Crippen molar-refractivity contribution < 1.29 is 4.79 Å². The molecule has 0 radical (unpaired) electrons. The highest BCUT2D eigenvalue weighted by molar-refractivity contribution is 6.06. The standard InChI is InChI=1S/C8H13N3O/c1-4-3-5(4)8(2)6(9)10-7(12)11-8/h4-5H,3H2,1-2H3,(H3,9,10,11,12). The Bertz CT molecular complexity index is 273. The van der Waals surface area contributed by atoms with Crippen molar-refractivity contribution in [2.45, 2.75) is 25.8 Å². The maximum Gasteiger partial charge on any atom is 0.343 e. The summed E-state index contributed by atoms with van der Waals surface area (Å²) in [6, 6.07) is -0.297. The van der Waals surface area contributed by atoms with Crippen molar-refractivity contribution in [2.75, 3.05) is 0 Å². The van der Waals surface area contributed by atoms with Crippen LogP contribution in [0.4, 0.5) is 4.79 Å². The third-order valence-corrected chi connectivity index (χ3v) is 2.97. The summed E-state index contributed by atoms with van der Waals surface area (Å²) in [5, 5.41) is 2.80. The minimum atomic E-state index is -0.365. The smallest absolute Gasteiger partial charge is 0.343 e. The van der Waals surface area contributed by atoms with E-state index in [0.717, 1.165) is 6.42 Å². The zero-order chi connectivity index (χ0) is 8.93. The summed E-state index contributed by atoms with van der Waals surface area (Å²) >= 11 is 0. The zero-order valence-corrected chi connectivity index (χ0v) is 7.29. The van der Waals surface area contributed by atoms with Crippen molar-refractivity contribution in [3.63, 3.8) is 0 Å². The Labute approximate surface area is 71.2 Å². The number of nitrogens with one attached hydrogen (secondary N) is 1. The first-order valence-electron chi connectivity index (χ1n) is 4.21. The Morgan fingerprint density at radius 1 is 1.75 bits per heavy atom. The van der Waals surface area contributed by atoms with E-state index < -0.39 is 0 Å². The van der Waals surface area contributed by atoms with Gasteiger partial charge in [-0.05, 0) is 25.2 Å². The third-order valence-electron chi connectivity index (χ3n) is 2.97. The van der Waals surface area contributed by atoms with Crippen LogP contribution in [-0.2, 0) is 0 Å². The lowest BCUT2D eigenvalue weighted by molar-refractivity contribution is 0.245. The van der Waals surface area contributed by atoms with Gasteiger partial charge in [-0.2, -0.15) is 4.99 Å². The van der Waals surface area contributed by atoms with E-state index in [4.69, 9.17) is 5.73 Å². The van der Waals surface area contributed by atoms with Crippen molar-refractivity contribution in [3.8, 4) is 0 Å². The van der Waals surface area contributed by atoms with Crippen molar-refractivity contribution in [3.05, 3.63) is 0 Å². The molecule has 2 rings (SSSR count). The molecule has 0 spiro atoms. The molecular weight excluding hydrogens is 154 g/mol. The van der Waals surface area contributed by atoms with Gasteiger partial charge in [-0.1, -0.05) is 6.92 Å². The van der Waals surface area contributed by atoms with Gasteiger partial charge in [-0.25, -0.2) is 4.79 Å². The first-order valence-corrected chi connectivity index (χ1v) is 4.21. The quantitative estimate of drug-likeness (QED) is 0.596. The lowest BCUT2D eigenvalue weighted by atomic mass is 9.94. The molecule has 0 aromatic rings. The summed E-state index contributed by atoms with van der Waals surface area (Å²) < 4.78 is 0. The normalized spacial score (nSPS) is 45.5. The average Bonchev–Trinajstić information content (AvgIpc) is 2.60. The second-order valence-electron chi connectivity index (χ2n) is 3.95. The molecule has 1 aliphatic carbocycles. The van der Waals surface area contributed by atoms with Crippen molar-refractivity contribution in [1.29, 1.82) is 0 Å². The topological polar surface area (TPSA) is 67.5 Å². The van der Waals surface area contributed by atoms with Crippen LogP contribution in [0.25, 0.3) is 0 Å². The van der Waals surface area contributed by atoms with Crippen LogP contribution in [0.2, 0.25) is 0 Å². The van der Waals surface area contributed by atoms with E-state index in [1.54, 1.807) is 0 Å². The molecule has 0 bridgehead atoms. The molecule has 2 amide bonds. The van der Waals surface area contributed by atoms with E-state index in [1.807, 2.05) is 6.92 Å².